The van der Waals surface area contributed by atoms with Crippen molar-refractivity contribution in [3.8, 4) is 5.75 Å². The molecule has 0 spiro atoms. The monoisotopic (exact) mass is 287 g/mol. The second-order valence-electron chi connectivity index (χ2n) is 4.93. The topological polar surface area (TPSA) is 39.1 Å². The maximum absolute atomic E-state index is 5.80. The Balaban J connectivity index is 2.40. The summed E-state index contributed by atoms with van der Waals surface area (Å²) in [5.74, 6) is 0.942. The second-order valence-corrected chi connectivity index (χ2v) is 4.93. The Morgan fingerprint density at radius 1 is 1.19 bits per heavy atom. The van der Waals surface area contributed by atoms with Crippen LogP contribution in [0.1, 0.15) is 44.5 Å². The molecule has 1 N–H and O–H groups in total. The van der Waals surface area contributed by atoms with Crippen molar-refractivity contribution in [1.29, 1.82) is 0 Å². The molecule has 0 radical (unpaired) electrons. The molecule has 1 aromatic heterocycles. The molecule has 1 unspecified atom stereocenters. The first-order chi connectivity index (χ1) is 10.3. The molecule has 0 aliphatic heterocycles. The number of nitrogens with one attached hydrogen (secondary N) is 1. The third-order valence-electron chi connectivity index (χ3n) is 3.47. The van der Waals surface area contributed by atoms with Gasteiger partial charge in [0.05, 0.1) is 18.3 Å². The van der Waals surface area contributed by atoms with E-state index in [1.807, 2.05) is 29.9 Å². The van der Waals surface area contributed by atoms with E-state index in [-0.39, 0.29) is 6.04 Å². The van der Waals surface area contributed by atoms with Gasteiger partial charge in [-0.05, 0) is 38.9 Å². The standard InChI is InChI=1S/C17H25N3O/c1-4-12-18-17(15-11-13-19-20(15)5-2)14-9-7-8-10-16(14)21-6-3/h7-11,13,17-18H,4-6,12H2,1-3H3. The molecule has 4 nitrogen and oxygen atoms in total. The predicted octanol–water partition coefficient (Wildman–Crippen LogP) is 3.39. The van der Waals surface area contributed by atoms with E-state index in [9.17, 15) is 0 Å². The Bertz CT molecular complexity index is 550. The Kier molecular flexibility index (Phi) is 5.81. The Labute approximate surface area is 127 Å². The number of hydrogen-bond donors (Lipinski definition) is 1. The highest BCUT2D eigenvalue weighted by Gasteiger charge is 2.20. The van der Waals surface area contributed by atoms with Crippen LogP contribution in [0.5, 0.6) is 5.75 Å². The van der Waals surface area contributed by atoms with Gasteiger partial charge in [0.25, 0.3) is 0 Å². The van der Waals surface area contributed by atoms with Gasteiger partial charge in [-0.25, -0.2) is 0 Å². The zero-order valence-electron chi connectivity index (χ0n) is 13.2. The molecule has 0 amide bonds. The Hall–Kier alpha value is -1.81. The van der Waals surface area contributed by atoms with E-state index in [1.54, 1.807) is 0 Å². The van der Waals surface area contributed by atoms with Crippen molar-refractivity contribution in [2.24, 2.45) is 0 Å². The quantitative estimate of drug-likeness (QED) is 0.809. The van der Waals surface area contributed by atoms with Gasteiger partial charge in [0.2, 0.25) is 0 Å². The van der Waals surface area contributed by atoms with Crippen molar-refractivity contribution in [3.05, 3.63) is 47.8 Å². The summed E-state index contributed by atoms with van der Waals surface area (Å²) in [6, 6.07) is 10.4. The maximum atomic E-state index is 5.80. The molecular formula is C17H25N3O. The van der Waals surface area contributed by atoms with Gasteiger partial charge in [0.15, 0.2) is 0 Å². The number of ether oxygens (including phenoxy) is 1. The van der Waals surface area contributed by atoms with Crippen molar-refractivity contribution >= 4 is 0 Å². The lowest BCUT2D eigenvalue weighted by Gasteiger charge is -2.22. The highest BCUT2D eigenvalue weighted by Crippen LogP contribution is 2.30. The van der Waals surface area contributed by atoms with Crippen LogP contribution in [0, 0.1) is 0 Å². The SMILES string of the molecule is CCCNC(c1ccccc1OCC)c1ccnn1CC. The molecular weight excluding hydrogens is 262 g/mol. The van der Waals surface area contributed by atoms with Crippen LogP contribution in [-0.4, -0.2) is 22.9 Å². The fourth-order valence-electron chi connectivity index (χ4n) is 2.52. The maximum Gasteiger partial charge on any atom is 0.124 e. The van der Waals surface area contributed by atoms with Crippen molar-refractivity contribution in [1.82, 2.24) is 15.1 Å². The van der Waals surface area contributed by atoms with Crippen LogP contribution in [0.2, 0.25) is 0 Å². The van der Waals surface area contributed by atoms with Crippen molar-refractivity contribution < 1.29 is 4.74 Å². The minimum atomic E-state index is 0.107. The number of nitrogens with zero attached hydrogens (tertiary/aromatic N) is 2. The van der Waals surface area contributed by atoms with E-state index >= 15 is 0 Å². The molecule has 0 aliphatic carbocycles. The van der Waals surface area contributed by atoms with Gasteiger partial charge in [0, 0.05) is 18.3 Å². The van der Waals surface area contributed by atoms with E-state index in [0.717, 1.165) is 25.3 Å². The van der Waals surface area contributed by atoms with Gasteiger partial charge < -0.3 is 10.1 Å². The third kappa shape index (κ3) is 3.64. The summed E-state index contributed by atoms with van der Waals surface area (Å²) >= 11 is 0. The molecule has 0 saturated carbocycles. The smallest absolute Gasteiger partial charge is 0.124 e. The zero-order chi connectivity index (χ0) is 15.1. The average molecular weight is 287 g/mol. The number of benzene rings is 1. The molecule has 0 aliphatic rings. The first kappa shape index (κ1) is 15.6. The van der Waals surface area contributed by atoms with E-state index < -0.39 is 0 Å². The highest BCUT2D eigenvalue weighted by molar-refractivity contribution is 5.40. The molecule has 0 bridgehead atoms. The van der Waals surface area contributed by atoms with Crippen molar-refractivity contribution in [2.45, 2.75) is 39.8 Å². The van der Waals surface area contributed by atoms with Crippen LogP contribution in [0.3, 0.4) is 0 Å². The summed E-state index contributed by atoms with van der Waals surface area (Å²) in [5, 5.41) is 8.02. The number of aromatic nitrogens is 2. The Morgan fingerprint density at radius 3 is 2.71 bits per heavy atom. The van der Waals surface area contributed by atoms with Gasteiger partial charge in [-0.15, -0.1) is 0 Å². The third-order valence-corrected chi connectivity index (χ3v) is 3.47. The molecule has 2 aromatic rings. The first-order valence-electron chi connectivity index (χ1n) is 7.78. The molecule has 0 saturated heterocycles. The molecule has 1 atom stereocenters. The average Bonchev–Trinajstić information content (AvgIpc) is 2.98. The fourth-order valence-corrected chi connectivity index (χ4v) is 2.52. The molecule has 1 heterocycles. The lowest BCUT2D eigenvalue weighted by Crippen LogP contribution is -2.26. The highest BCUT2D eigenvalue weighted by atomic mass is 16.5. The second kappa shape index (κ2) is 7.84. The largest absolute Gasteiger partial charge is 0.494 e. The van der Waals surface area contributed by atoms with E-state index in [0.29, 0.717) is 6.61 Å². The number of hydrogen-bond acceptors (Lipinski definition) is 3. The van der Waals surface area contributed by atoms with E-state index in [2.05, 4.69) is 42.5 Å². The summed E-state index contributed by atoms with van der Waals surface area (Å²) in [7, 11) is 0. The van der Waals surface area contributed by atoms with E-state index in [1.165, 1.54) is 11.3 Å². The van der Waals surface area contributed by atoms with E-state index in [4.69, 9.17) is 4.74 Å². The fraction of sp³-hybridized carbons (Fsp3) is 0.471. The Morgan fingerprint density at radius 2 is 2.00 bits per heavy atom. The van der Waals surface area contributed by atoms with Gasteiger partial charge >= 0.3 is 0 Å². The van der Waals surface area contributed by atoms with Gasteiger partial charge in [-0.1, -0.05) is 25.1 Å². The van der Waals surface area contributed by atoms with Crippen LogP contribution in [0.15, 0.2) is 36.5 Å². The van der Waals surface area contributed by atoms with Crippen LogP contribution in [0.25, 0.3) is 0 Å². The van der Waals surface area contributed by atoms with Crippen LogP contribution < -0.4 is 10.1 Å². The minimum absolute atomic E-state index is 0.107. The van der Waals surface area contributed by atoms with Crippen molar-refractivity contribution in [3.63, 3.8) is 0 Å². The van der Waals surface area contributed by atoms with Crippen molar-refractivity contribution in [2.75, 3.05) is 13.2 Å². The molecule has 114 valence electrons. The van der Waals surface area contributed by atoms with Gasteiger partial charge in [0.1, 0.15) is 5.75 Å². The zero-order valence-corrected chi connectivity index (χ0v) is 13.2. The lowest BCUT2D eigenvalue weighted by atomic mass is 10.0. The number of para-hydroxylation sites is 1. The molecule has 21 heavy (non-hydrogen) atoms. The normalized spacial score (nSPS) is 12.3. The van der Waals surface area contributed by atoms with Crippen LogP contribution in [0.4, 0.5) is 0 Å². The summed E-state index contributed by atoms with van der Waals surface area (Å²) in [5.41, 5.74) is 2.35. The minimum Gasteiger partial charge on any atom is -0.494 e. The predicted molar refractivity (Wildman–Crippen MR) is 85.6 cm³/mol. The van der Waals surface area contributed by atoms with Crippen LogP contribution >= 0.6 is 0 Å². The number of aryl methyl sites for hydroxylation is 1. The molecule has 1 aromatic carbocycles. The van der Waals surface area contributed by atoms with Gasteiger partial charge in [-0.2, -0.15) is 5.10 Å². The summed E-state index contributed by atoms with van der Waals surface area (Å²) in [4.78, 5) is 0. The van der Waals surface area contributed by atoms with Gasteiger partial charge in [-0.3, -0.25) is 4.68 Å². The summed E-state index contributed by atoms with van der Waals surface area (Å²) < 4.78 is 7.84. The lowest BCUT2D eigenvalue weighted by molar-refractivity contribution is 0.332. The summed E-state index contributed by atoms with van der Waals surface area (Å²) in [6.45, 7) is 8.80. The number of rotatable bonds is 8. The molecule has 0 fully saturated rings. The summed E-state index contributed by atoms with van der Waals surface area (Å²) in [6.07, 6.45) is 2.95. The molecule has 4 heteroatoms. The molecule has 2 rings (SSSR count). The van der Waals surface area contributed by atoms with Crippen LogP contribution in [-0.2, 0) is 6.54 Å². The first-order valence-corrected chi connectivity index (χ1v) is 7.78.